The molecule has 0 aliphatic heterocycles. The molecule has 1 amide bonds. The number of carboxylic acids is 1. The molecule has 0 bridgehead atoms. The van der Waals surface area contributed by atoms with E-state index in [2.05, 4.69) is 10.1 Å². The van der Waals surface area contributed by atoms with Crippen LogP contribution >= 0.6 is 0 Å². The second-order valence-corrected chi connectivity index (χ2v) is 5.02. The van der Waals surface area contributed by atoms with Gasteiger partial charge in [-0.2, -0.15) is 0 Å². The number of benzene rings is 2. The van der Waals surface area contributed by atoms with Crippen LogP contribution in [0.1, 0.15) is 5.56 Å². The van der Waals surface area contributed by atoms with Crippen LogP contribution in [-0.4, -0.2) is 31.7 Å². The number of anilines is 1. The van der Waals surface area contributed by atoms with Crippen molar-refractivity contribution in [3.8, 4) is 5.75 Å². The summed E-state index contributed by atoms with van der Waals surface area (Å²) in [5.41, 5.74) is 1.78. The van der Waals surface area contributed by atoms with E-state index in [0.29, 0.717) is 18.0 Å². The average molecular weight is 328 g/mol. The van der Waals surface area contributed by atoms with E-state index in [1.54, 1.807) is 24.3 Å². The number of aliphatic carboxylic acids is 1. The highest BCUT2D eigenvalue weighted by molar-refractivity contribution is 5.91. The van der Waals surface area contributed by atoms with Crippen LogP contribution in [0.4, 0.5) is 5.69 Å². The van der Waals surface area contributed by atoms with Crippen LogP contribution in [0.3, 0.4) is 0 Å². The summed E-state index contributed by atoms with van der Waals surface area (Å²) in [5.74, 6) is -1.09. The lowest BCUT2D eigenvalue weighted by Gasteiger charge is -2.09. The van der Waals surface area contributed by atoms with Gasteiger partial charge in [-0.05, 0) is 29.8 Å². The maximum Gasteiger partial charge on any atom is 0.250 e. The van der Waals surface area contributed by atoms with E-state index in [1.807, 2.05) is 30.3 Å². The van der Waals surface area contributed by atoms with E-state index in [4.69, 9.17) is 4.74 Å². The summed E-state index contributed by atoms with van der Waals surface area (Å²) in [6.45, 7) is -0.391. The second-order valence-electron chi connectivity index (χ2n) is 5.02. The van der Waals surface area contributed by atoms with Crippen molar-refractivity contribution in [3.63, 3.8) is 0 Å². The van der Waals surface area contributed by atoms with Gasteiger partial charge in [0.05, 0.1) is 19.2 Å². The van der Waals surface area contributed by atoms with Crippen LogP contribution in [-0.2, 0) is 20.7 Å². The Labute approximate surface area is 140 Å². The number of carbonyl (C=O) groups is 2. The van der Waals surface area contributed by atoms with Crippen molar-refractivity contribution in [2.24, 2.45) is 0 Å². The van der Waals surface area contributed by atoms with Gasteiger partial charge in [0, 0.05) is 12.1 Å². The lowest BCUT2D eigenvalue weighted by atomic mass is 10.2. The van der Waals surface area contributed by atoms with E-state index in [0.717, 1.165) is 6.42 Å². The molecule has 0 aliphatic carbocycles. The van der Waals surface area contributed by atoms with E-state index in [1.165, 1.54) is 5.56 Å². The van der Waals surface area contributed by atoms with Crippen LogP contribution in [0.25, 0.3) is 0 Å². The van der Waals surface area contributed by atoms with Gasteiger partial charge in [-0.15, -0.1) is 0 Å². The molecular weight excluding hydrogens is 310 g/mol. The largest absolute Gasteiger partial charge is 0.548 e. The van der Waals surface area contributed by atoms with Gasteiger partial charge in [0.15, 0.2) is 0 Å². The number of amides is 1. The molecule has 2 aromatic carbocycles. The number of carboxylic acid groups (broad SMARTS) is 1. The number of hydrogen-bond donors (Lipinski definition) is 1. The molecule has 0 fully saturated rings. The molecule has 0 atom stereocenters. The molecule has 0 radical (unpaired) electrons. The highest BCUT2D eigenvalue weighted by Gasteiger charge is 2.03. The Bertz CT molecular complexity index is 655. The first-order valence-electron chi connectivity index (χ1n) is 7.48. The predicted molar refractivity (Wildman–Crippen MR) is 86.5 cm³/mol. The van der Waals surface area contributed by atoms with Crippen LogP contribution in [0.5, 0.6) is 5.75 Å². The molecule has 0 unspecified atom stereocenters. The predicted octanol–water partition coefficient (Wildman–Crippen LogP) is 1.01. The zero-order valence-electron chi connectivity index (χ0n) is 13.1. The molecule has 0 heterocycles. The normalized spacial score (nSPS) is 10.2. The summed E-state index contributed by atoms with van der Waals surface area (Å²) >= 11 is 0. The van der Waals surface area contributed by atoms with Gasteiger partial charge in [-0.25, -0.2) is 0 Å². The molecule has 6 heteroatoms. The molecule has 24 heavy (non-hydrogen) atoms. The Kier molecular flexibility index (Phi) is 6.79. The summed E-state index contributed by atoms with van der Waals surface area (Å²) < 4.78 is 10.3. The number of nitrogens with one attached hydrogen (secondary N) is 1. The summed E-state index contributed by atoms with van der Waals surface area (Å²) in [5, 5.41) is 12.8. The Balaban J connectivity index is 1.72. The Morgan fingerprint density at radius 2 is 1.67 bits per heavy atom. The van der Waals surface area contributed by atoms with Gasteiger partial charge >= 0.3 is 0 Å². The molecule has 0 saturated heterocycles. The van der Waals surface area contributed by atoms with Crippen molar-refractivity contribution in [1.82, 2.24) is 0 Å². The molecule has 2 aromatic rings. The fraction of sp³-hybridized carbons (Fsp3) is 0.222. The monoisotopic (exact) mass is 328 g/mol. The average Bonchev–Trinajstić information content (AvgIpc) is 2.57. The van der Waals surface area contributed by atoms with Gasteiger partial charge in [0.1, 0.15) is 12.4 Å². The Morgan fingerprint density at radius 3 is 2.33 bits per heavy atom. The molecule has 6 nitrogen and oxygen atoms in total. The molecule has 0 aliphatic rings. The first-order valence-corrected chi connectivity index (χ1v) is 7.48. The Morgan fingerprint density at radius 1 is 0.958 bits per heavy atom. The summed E-state index contributed by atoms with van der Waals surface area (Å²) in [4.78, 5) is 21.7. The molecular formula is C18H18NO5-. The smallest absolute Gasteiger partial charge is 0.250 e. The highest BCUT2D eigenvalue weighted by atomic mass is 16.5. The fourth-order valence-corrected chi connectivity index (χ4v) is 1.99. The number of ether oxygens (including phenoxy) is 2. The molecule has 0 aromatic heterocycles. The molecule has 126 valence electrons. The first-order chi connectivity index (χ1) is 11.6. The third-order valence-electron chi connectivity index (χ3n) is 3.09. The zero-order valence-corrected chi connectivity index (χ0v) is 13.1. The summed E-state index contributed by atoms with van der Waals surface area (Å²) in [6.07, 6.45) is 0.815. The maximum atomic E-state index is 11.5. The minimum Gasteiger partial charge on any atom is -0.548 e. The standard InChI is InChI=1S/C18H19NO5/c20-17(12-23-13-18(21)22)19-15-6-8-16(9-7-15)24-11-10-14-4-2-1-3-5-14/h1-9H,10-13H2,(H,19,20)(H,21,22)/p-1. The first kappa shape index (κ1) is 17.5. The fourth-order valence-electron chi connectivity index (χ4n) is 1.99. The molecule has 2 rings (SSSR count). The van der Waals surface area contributed by atoms with Crippen molar-refractivity contribution < 1.29 is 24.2 Å². The van der Waals surface area contributed by atoms with Gasteiger partial charge in [0.2, 0.25) is 5.91 Å². The quantitative estimate of drug-likeness (QED) is 0.742. The molecule has 1 N–H and O–H groups in total. The number of rotatable bonds is 9. The van der Waals surface area contributed by atoms with Gasteiger partial charge < -0.3 is 24.7 Å². The van der Waals surface area contributed by atoms with Crippen LogP contribution < -0.4 is 15.2 Å². The van der Waals surface area contributed by atoms with E-state index in [-0.39, 0.29) is 6.61 Å². The number of hydrogen-bond acceptors (Lipinski definition) is 5. The van der Waals surface area contributed by atoms with Crippen molar-refractivity contribution in [1.29, 1.82) is 0 Å². The third kappa shape index (κ3) is 6.50. The van der Waals surface area contributed by atoms with Crippen LogP contribution in [0.2, 0.25) is 0 Å². The summed E-state index contributed by atoms with van der Waals surface area (Å²) in [6, 6.07) is 17.0. The van der Waals surface area contributed by atoms with Crippen molar-refractivity contribution in [3.05, 3.63) is 60.2 Å². The SMILES string of the molecule is O=C([O-])COCC(=O)Nc1ccc(OCCc2ccccc2)cc1. The van der Waals surface area contributed by atoms with Crippen molar-refractivity contribution in [2.45, 2.75) is 6.42 Å². The van der Waals surface area contributed by atoms with E-state index < -0.39 is 18.5 Å². The summed E-state index contributed by atoms with van der Waals surface area (Å²) in [7, 11) is 0. The maximum absolute atomic E-state index is 11.5. The topological polar surface area (TPSA) is 87.7 Å². The highest BCUT2D eigenvalue weighted by Crippen LogP contribution is 2.16. The zero-order chi connectivity index (χ0) is 17.2. The lowest BCUT2D eigenvalue weighted by molar-refractivity contribution is -0.309. The Hall–Kier alpha value is -2.86. The lowest BCUT2D eigenvalue weighted by Crippen LogP contribution is -2.29. The van der Waals surface area contributed by atoms with E-state index >= 15 is 0 Å². The van der Waals surface area contributed by atoms with Crippen molar-refractivity contribution in [2.75, 3.05) is 25.1 Å². The second kappa shape index (κ2) is 9.32. The van der Waals surface area contributed by atoms with E-state index in [9.17, 15) is 14.7 Å². The van der Waals surface area contributed by atoms with Gasteiger partial charge in [-0.3, -0.25) is 4.79 Å². The third-order valence-corrected chi connectivity index (χ3v) is 3.09. The molecule has 0 spiro atoms. The molecule has 0 saturated carbocycles. The minimum absolute atomic E-state index is 0.344. The van der Waals surface area contributed by atoms with Gasteiger partial charge in [0.25, 0.3) is 0 Å². The van der Waals surface area contributed by atoms with Gasteiger partial charge in [-0.1, -0.05) is 30.3 Å². The van der Waals surface area contributed by atoms with Crippen LogP contribution in [0.15, 0.2) is 54.6 Å². The minimum atomic E-state index is -1.36. The van der Waals surface area contributed by atoms with Crippen LogP contribution in [0, 0.1) is 0 Å². The van der Waals surface area contributed by atoms with Crippen molar-refractivity contribution >= 4 is 17.6 Å². The number of carbonyl (C=O) groups excluding carboxylic acids is 2.